The topological polar surface area (TPSA) is 66.0 Å². The SMILES string of the molecule is COc1ccc(-c2noc(C(C)Cn3ccnc3)n2)cc1. The molecule has 0 N–H and O–H groups in total. The fraction of sp³-hybridized carbons (Fsp3) is 0.267. The van der Waals surface area contributed by atoms with Gasteiger partial charge in [0.15, 0.2) is 0 Å². The van der Waals surface area contributed by atoms with Crippen LogP contribution in [0.5, 0.6) is 5.75 Å². The van der Waals surface area contributed by atoms with Crippen molar-refractivity contribution in [3.63, 3.8) is 0 Å². The van der Waals surface area contributed by atoms with E-state index in [0.29, 0.717) is 11.7 Å². The second-order valence-electron chi connectivity index (χ2n) is 4.85. The molecular formula is C15H16N4O2. The molecule has 0 bridgehead atoms. The summed E-state index contributed by atoms with van der Waals surface area (Å²) in [6, 6.07) is 7.57. The lowest BCUT2D eigenvalue weighted by molar-refractivity contribution is 0.347. The number of benzene rings is 1. The van der Waals surface area contributed by atoms with Crippen molar-refractivity contribution < 1.29 is 9.26 Å². The first-order valence-electron chi connectivity index (χ1n) is 6.70. The van der Waals surface area contributed by atoms with Gasteiger partial charge in [0.25, 0.3) is 0 Å². The van der Waals surface area contributed by atoms with Crippen molar-refractivity contribution in [2.24, 2.45) is 0 Å². The molecule has 3 aromatic rings. The summed E-state index contributed by atoms with van der Waals surface area (Å²) in [4.78, 5) is 8.49. The average molecular weight is 284 g/mol. The lowest BCUT2D eigenvalue weighted by Gasteiger charge is -2.06. The zero-order chi connectivity index (χ0) is 14.7. The molecule has 6 heteroatoms. The lowest BCUT2D eigenvalue weighted by Crippen LogP contribution is -2.04. The van der Waals surface area contributed by atoms with Crippen molar-refractivity contribution in [2.75, 3.05) is 7.11 Å². The maximum Gasteiger partial charge on any atom is 0.231 e. The van der Waals surface area contributed by atoms with Gasteiger partial charge in [0.2, 0.25) is 11.7 Å². The fourth-order valence-electron chi connectivity index (χ4n) is 2.08. The van der Waals surface area contributed by atoms with Gasteiger partial charge in [0.1, 0.15) is 5.75 Å². The first-order chi connectivity index (χ1) is 10.3. The molecule has 0 radical (unpaired) electrons. The Labute approximate surface area is 122 Å². The van der Waals surface area contributed by atoms with Crippen LogP contribution < -0.4 is 4.74 Å². The number of hydrogen-bond acceptors (Lipinski definition) is 5. The van der Waals surface area contributed by atoms with E-state index in [2.05, 4.69) is 15.1 Å². The van der Waals surface area contributed by atoms with Crippen molar-refractivity contribution in [1.82, 2.24) is 19.7 Å². The maximum absolute atomic E-state index is 5.36. The highest BCUT2D eigenvalue weighted by Crippen LogP contribution is 2.22. The van der Waals surface area contributed by atoms with E-state index in [4.69, 9.17) is 9.26 Å². The zero-order valence-corrected chi connectivity index (χ0v) is 11.9. The van der Waals surface area contributed by atoms with E-state index < -0.39 is 0 Å². The molecule has 108 valence electrons. The number of ether oxygens (including phenoxy) is 1. The molecule has 1 aromatic carbocycles. The number of nitrogens with zero attached hydrogens (tertiary/aromatic N) is 4. The van der Waals surface area contributed by atoms with Crippen LogP contribution in [-0.2, 0) is 6.54 Å². The number of hydrogen-bond donors (Lipinski definition) is 0. The Morgan fingerprint density at radius 3 is 2.76 bits per heavy atom. The van der Waals surface area contributed by atoms with Crippen LogP contribution in [0.15, 0.2) is 47.5 Å². The normalized spacial score (nSPS) is 12.3. The van der Waals surface area contributed by atoms with Gasteiger partial charge in [-0.1, -0.05) is 12.1 Å². The van der Waals surface area contributed by atoms with Crippen LogP contribution in [0.25, 0.3) is 11.4 Å². The molecule has 6 nitrogen and oxygen atoms in total. The highest BCUT2D eigenvalue weighted by Gasteiger charge is 2.15. The Kier molecular flexibility index (Phi) is 3.68. The Hall–Kier alpha value is -2.63. The summed E-state index contributed by atoms with van der Waals surface area (Å²) in [5.41, 5.74) is 0.903. The van der Waals surface area contributed by atoms with Crippen LogP contribution in [0.4, 0.5) is 0 Å². The third-order valence-electron chi connectivity index (χ3n) is 3.26. The van der Waals surface area contributed by atoms with E-state index in [0.717, 1.165) is 17.9 Å². The van der Waals surface area contributed by atoms with Crippen LogP contribution >= 0.6 is 0 Å². The number of imidazole rings is 1. The minimum absolute atomic E-state index is 0.124. The second-order valence-corrected chi connectivity index (χ2v) is 4.85. The molecule has 2 heterocycles. The molecule has 2 aromatic heterocycles. The van der Waals surface area contributed by atoms with Crippen molar-refractivity contribution in [2.45, 2.75) is 19.4 Å². The van der Waals surface area contributed by atoms with Crippen molar-refractivity contribution in [1.29, 1.82) is 0 Å². The van der Waals surface area contributed by atoms with Gasteiger partial charge >= 0.3 is 0 Å². The van der Waals surface area contributed by atoms with E-state index in [1.54, 1.807) is 19.6 Å². The van der Waals surface area contributed by atoms with Gasteiger partial charge < -0.3 is 13.8 Å². The molecule has 0 fully saturated rings. The summed E-state index contributed by atoms with van der Waals surface area (Å²) in [5.74, 6) is 2.13. The summed E-state index contributed by atoms with van der Waals surface area (Å²) in [6.45, 7) is 2.80. The standard InChI is InChI=1S/C15H16N4O2/c1-11(9-19-8-7-16-10-19)15-17-14(18-21-15)12-3-5-13(20-2)6-4-12/h3-8,10-11H,9H2,1-2H3. The number of rotatable bonds is 5. The molecule has 21 heavy (non-hydrogen) atoms. The van der Waals surface area contributed by atoms with Gasteiger partial charge in [-0.15, -0.1) is 0 Å². The van der Waals surface area contributed by atoms with E-state index in [1.807, 2.05) is 42.0 Å². The van der Waals surface area contributed by atoms with Gasteiger partial charge in [0, 0.05) is 24.5 Å². The lowest BCUT2D eigenvalue weighted by atomic mass is 10.1. The van der Waals surface area contributed by atoms with Crippen LogP contribution in [0.2, 0.25) is 0 Å². The van der Waals surface area contributed by atoms with E-state index >= 15 is 0 Å². The molecule has 0 saturated carbocycles. The summed E-state index contributed by atoms with van der Waals surface area (Å²) in [5, 5.41) is 4.04. The monoisotopic (exact) mass is 284 g/mol. The summed E-state index contributed by atoms with van der Waals surface area (Å²) >= 11 is 0. The smallest absolute Gasteiger partial charge is 0.231 e. The first kappa shape index (κ1) is 13.4. The van der Waals surface area contributed by atoms with Crippen molar-refractivity contribution in [3.8, 4) is 17.1 Å². The fourth-order valence-corrected chi connectivity index (χ4v) is 2.08. The third kappa shape index (κ3) is 2.94. The first-order valence-corrected chi connectivity index (χ1v) is 6.70. The van der Waals surface area contributed by atoms with Crippen LogP contribution in [0.3, 0.4) is 0 Å². The minimum atomic E-state index is 0.124. The molecular weight excluding hydrogens is 268 g/mol. The Morgan fingerprint density at radius 1 is 1.29 bits per heavy atom. The number of methoxy groups -OCH3 is 1. The zero-order valence-electron chi connectivity index (χ0n) is 11.9. The second kappa shape index (κ2) is 5.78. The molecule has 0 amide bonds. The van der Waals surface area contributed by atoms with E-state index in [9.17, 15) is 0 Å². The van der Waals surface area contributed by atoms with Gasteiger partial charge in [-0.2, -0.15) is 4.98 Å². The van der Waals surface area contributed by atoms with Gasteiger partial charge in [-0.25, -0.2) is 4.98 Å². The molecule has 3 rings (SSSR count). The van der Waals surface area contributed by atoms with Crippen LogP contribution in [-0.4, -0.2) is 26.8 Å². The molecule has 0 spiro atoms. The van der Waals surface area contributed by atoms with Gasteiger partial charge in [0.05, 0.1) is 19.4 Å². The van der Waals surface area contributed by atoms with Gasteiger partial charge in [-0.3, -0.25) is 0 Å². The molecule has 1 unspecified atom stereocenters. The molecule has 0 saturated heterocycles. The highest BCUT2D eigenvalue weighted by molar-refractivity contribution is 5.55. The maximum atomic E-state index is 5.36. The predicted octanol–water partition coefficient (Wildman–Crippen LogP) is 2.75. The van der Waals surface area contributed by atoms with Crippen LogP contribution in [0, 0.1) is 0 Å². The quantitative estimate of drug-likeness (QED) is 0.720. The van der Waals surface area contributed by atoms with Gasteiger partial charge in [-0.05, 0) is 24.3 Å². The molecule has 0 aliphatic heterocycles. The third-order valence-corrected chi connectivity index (χ3v) is 3.26. The predicted molar refractivity (Wildman–Crippen MR) is 76.9 cm³/mol. The summed E-state index contributed by atoms with van der Waals surface area (Å²) in [7, 11) is 1.64. The largest absolute Gasteiger partial charge is 0.497 e. The molecule has 1 atom stereocenters. The Balaban J connectivity index is 1.75. The van der Waals surface area contributed by atoms with Crippen molar-refractivity contribution in [3.05, 3.63) is 48.9 Å². The van der Waals surface area contributed by atoms with Crippen molar-refractivity contribution >= 4 is 0 Å². The number of aromatic nitrogens is 4. The summed E-state index contributed by atoms with van der Waals surface area (Å²) < 4.78 is 12.5. The van der Waals surface area contributed by atoms with Crippen LogP contribution in [0.1, 0.15) is 18.7 Å². The van der Waals surface area contributed by atoms with E-state index in [-0.39, 0.29) is 5.92 Å². The minimum Gasteiger partial charge on any atom is -0.497 e. The average Bonchev–Trinajstić information content (AvgIpc) is 3.18. The Morgan fingerprint density at radius 2 is 2.10 bits per heavy atom. The molecule has 0 aliphatic carbocycles. The Bertz CT molecular complexity index is 689. The highest BCUT2D eigenvalue weighted by atomic mass is 16.5. The molecule has 0 aliphatic rings. The summed E-state index contributed by atoms with van der Waals surface area (Å²) in [6.07, 6.45) is 5.44. The van der Waals surface area contributed by atoms with E-state index in [1.165, 1.54) is 0 Å².